The predicted molar refractivity (Wildman–Crippen MR) is 54.8 cm³/mol. The average molecular weight is 209 g/mol. The summed E-state index contributed by atoms with van der Waals surface area (Å²) in [5.74, 6) is -2.16. The molecule has 0 aromatic heterocycles. The first-order valence-electron chi connectivity index (χ1n) is 5.17. The molecule has 0 saturated heterocycles. The van der Waals surface area contributed by atoms with E-state index >= 15 is 0 Å². The van der Waals surface area contributed by atoms with Crippen molar-refractivity contribution in [3.05, 3.63) is 11.3 Å². The van der Waals surface area contributed by atoms with Crippen LogP contribution in [0.1, 0.15) is 34.6 Å². The Bertz CT molecular complexity index is 344. The van der Waals surface area contributed by atoms with Crippen LogP contribution in [0.5, 0.6) is 0 Å². The highest BCUT2D eigenvalue weighted by Crippen LogP contribution is 2.36. The Kier molecular flexibility index (Phi) is 2.77. The van der Waals surface area contributed by atoms with Crippen LogP contribution >= 0.6 is 0 Å². The summed E-state index contributed by atoms with van der Waals surface area (Å²) in [6, 6.07) is 0. The minimum atomic E-state index is -0.660. The molecule has 0 saturated carbocycles. The van der Waals surface area contributed by atoms with Gasteiger partial charge >= 0.3 is 0 Å². The monoisotopic (exact) mass is 209 g/mol. The fourth-order valence-corrected chi connectivity index (χ4v) is 1.93. The van der Waals surface area contributed by atoms with E-state index in [0.717, 1.165) is 0 Å². The molecule has 0 amide bonds. The first kappa shape index (κ1) is 12.0. The van der Waals surface area contributed by atoms with E-state index in [4.69, 9.17) is 0 Å². The molecule has 0 fully saturated rings. The molecule has 0 aliphatic heterocycles. The third kappa shape index (κ3) is 1.83. The second kappa shape index (κ2) is 3.47. The normalized spacial score (nSPS) is 28.6. The van der Waals surface area contributed by atoms with Crippen molar-refractivity contribution in [3.63, 3.8) is 0 Å². The van der Waals surface area contributed by atoms with Crippen LogP contribution in [0.25, 0.3) is 0 Å². The number of carbonyl (C=O) groups is 2. The number of rotatable bonds is 0. The summed E-state index contributed by atoms with van der Waals surface area (Å²) in [5.41, 5.74) is -0.181. The van der Waals surface area contributed by atoms with Gasteiger partial charge in [0, 0.05) is 5.92 Å². The number of ketones is 2. The molecule has 2 atom stereocenters. The molecule has 0 heterocycles. The molecular formula is C12H17O3-. The van der Waals surface area contributed by atoms with Gasteiger partial charge in [0.1, 0.15) is 5.78 Å². The SMILES string of the molecule is CC1C(=O)C(C(C)(C)C)=C([O-])C(C)C1=O. The van der Waals surface area contributed by atoms with Crippen LogP contribution in [0.4, 0.5) is 0 Å². The Morgan fingerprint density at radius 1 is 1.07 bits per heavy atom. The van der Waals surface area contributed by atoms with Crippen LogP contribution < -0.4 is 5.11 Å². The van der Waals surface area contributed by atoms with E-state index in [-0.39, 0.29) is 17.3 Å². The lowest BCUT2D eigenvalue weighted by Gasteiger charge is -2.37. The third-order valence-electron chi connectivity index (χ3n) is 2.88. The summed E-state index contributed by atoms with van der Waals surface area (Å²) >= 11 is 0. The molecule has 0 aromatic carbocycles. The standard InChI is InChI=1S/C12H18O3/c1-6-9(13)7(2)11(15)8(10(6)14)12(3,4)5/h6-7,14H,1-5H3/p-1. The lowest BCUT2D eigenvalue weighted by Crippen LogP contribution is -2.42. The second-order valence-electron chi connectivity index (χ2n) is 5.20. The fourth-order valence-electron chi connectivity index (χ4n) is 1.93. The zero-order valence-corrected chi connectivity index (χ0v) is 9.88. The molecule has 0 spiro atoms. The number of carbonyl (C=O) groups excluding carboxylic acids is 2. The largest absolute Gasteiger partial charge is 0.875 e. The topological polar surface area (TPSA) is 57.2 Å². The average Bonchev–Trinajstić information content (AvgIpc) is 2.09. The van der Waals surface area contributed by atoms with Crippen LogP contribution in [0.3, 0.4) is 0 Å². The zero-order chi connectivity index (χ0) is 12.0. The van der Waals surface area contributed by atoms with E-state index in [9.17, 15) is 14.7 Å². The second-order valence-corrected chi connectivity index (χ2v) is 5.20. The van der Waals surface area contributed by atoms with Crippen molar-refractivity contribution >= 4 is 11.6 Å². The zero-order valence-electron chi connectivity index (χ0n) is 9.88. The molecule has 2 unspecified atom stereocenters. The maximum Gasteiger partial charge on any atom is 0.168 e. The maximum absolute atomic E-state index is 11.9. The van der Waals surface area contributed by atoms with Crippen molar-refractivity contribution in [2.45, 2.75) is 34.6 Å². The highest BCUT2D eigenvalue weighted by atomic mass is 16.3. The molecule has 1 aliphatic rings. The van der Waals surface area contributed by atoms with Gasteiger partial charge in [0.05, 0.1) is 5.92 Å². The lowest BCUT2D eigenvalue weighted by molar-refractivity contribution is -0.315. The molecule has 1 aliphatic carbocycles. The van der Waals surface area contributed by atoms with E-state index in [2.05, 4.69) is 0 Å². The van der Waals surface area contributed by atoms with Gasteiger partial charge in [-0.3, -0.25) is 9.59 Å². The van der Waals surface area contributed by atoms with Crippen molar-refractivity contribution < 1.29 is 14.7 Å². The van der Waals surface area contributed by atoms with Crippen molar-refractivity contribution in [2.24, 2.45) is 17.3 Å². The molecule has 0 radical (unpaired) electrons. The van der Waals surface area contributed by atoms with Crippen LogP contribution in [-0.2, 0) is 9.59 Å². The van der Waals surface area contributed by atoms with Gasteiger partial charge in [-0.1, -0.05) is 27.7 Å². The molecule has 15 heavy (non-hydrogen) atoms. The van der Waals surface area contributed by atoms with Crippen molar-refractivity contribution in [1.29, 1.82) is 0 Å². The number of allylic oxidation sites excluding steroid dienone is 2. The molecule has 1 rings (SSSR count). The third-order valence-corrected chi connectivity index (χ3v) is 2.88. The Labute approximate surface area is 90.2 Å². The molecule has 3 heteroatoms. The molecule has 0 N–H and O–H groups in total. The van der Waals surface area contributed by atoms with Crippen LogP contribution in [0.15, 0.2) is 11.3 Å². The highest BCUT2D eigenvalue weighted by Gasteiger charge is 2.38. The van der Waals surface area contributed by atoms with E-state index in [1.54, 1.807) is 13.8 Å². The minimum absolute atomic E-state index is 0.252. The fraction of sp³-hybridized carbons (Fsp3) is 0.667. The number of Topliss-reactive ketones (excluding diaryl/α,β-unsaturated/α-hetero) is 2. The summed E-state index contributed by atoms with van der Waals surface area (Å²) in [5, 5.41) is 11.9. The van der Waals surface area contributed by atoms with E-state index in [0.29, 0.717) is 5.57 Å². The van der Waals surface area contributed by atoms with Gasteiger partial charge in [0.15, 0.2) is 5.78 Å². The maximum atomic E-state index is 11.9. The van der Waals surface area contributed by atoms with Gasteiger partial charge < -0.3 is 5.11 Å². The quantitative estimate of drug-likeness (QED) is 0.561. The van der Waals surface area contributed by atoms with Gasteiger partial charge in [-0.05, 0) is 17.9 Å². The summed E-state index contributed by atoms with van der Waals surface area (Å²) in [6.45, 7) is 8.65. The van der Waals surface area contributed by atoms with Crippen molar-refractivity contribution in [1.82, 2.24) is 0 Å². The molecule has 0 aromatic rings. The first-order chi connectivity index (χ1) is 6.68. The van der Waals surface area contributed by atoms with Crippen molar-refractivity contribution in [2.75, 3.05) is 0 Å². The Morgan fingerprint density at radius 3 is 1.93 bits per heavy atom. The molecule has 3 nitrogen and oxygen atoms in total. The summed E-state index contributed by atoms with van der Waals surface area (Å²) in [6.07, 6.45) is 0. The smallest absolute Gasteiger partial charge is 0.168 e. The summed E-state index contributed by atoms with van der Waals surface area (Å²) in [7, 11) is 0. The lowest BCUT2D eigenvalue weighted by atomic mass is 9.71. The molecular weight excluding hydrogens is 192 g/mol. The van der Waals surface area contributed by atoms with Crippen LogP contribution in [0, 0.1) is 17.3 Å². The summed E-state index contributed by atoms with van der Waals surface area (Å²) in [4.78, 5) is 23.4. The highest BCUT2D eigenvalue weighted by molar-refractivity contribution is 6.14. The van der Waals surface area contributed by atoms with Crippen LogP contribution in [-0.4, -0.2) is 11.6 Å². The number of hydrogen-bond donors (Lipinski definition) is 0. The van der Waals surface area contributed by atoms with E-state index < -0.39 is 17.3 Å². The Hall–Kier alpha value is -1.12. The van der Waals surface area contributed by atoms with Gasteiger partial charge in [0.2, 0.25) is 0 Å². The molecule has 0 bridgehead atoms. The predicted octanol–water partition coefficient (Wildman–Crippen LogP) is 1.07. The molecule has 84 valence electrons. The Morgan fingerprint density at radius 2 is 1.53 bits per heavy atom. The number of hydrogen-bond acceptors (Lipinski definition) is 3. The van der Waals surface area contributed by atoms with E-state index in [1.807, 2.05) is 20.8 Å². The summed E-state index contributed by atoms with van der Waals surface area (Å²) < 4.78 is 0. The van der Waals surface area contributed by atoms with Gasteiger partial charge in [-0.15, -0.1) is 5.76 Å². The van der Waals surface area contributed by atoms with Crippen molar-refractivity contribution in [3.8, 4) is 0 Å². The minimum Gasteiger partial charge on any atom is -0.875 e. The van der Waals surface area contributed by atoms with Gasteiger partial charge in [-0.25, -0.2) is 0 Å². The van der Waals surface area contributed by atoms with Gasteiger partial charge in [0.25, 0.3) is 0 Å². The Balaban J connectivity index is 3.35. The van der Waals surface area contributed by atoms with Crippen LogP contribution in [0.2, 0.25) is 0 Å². The van der Waals surface area contributed by atoms with Gasteiger partial charge in [-0.2, -0.15) is 0 Å². The van der Waals surface area contributed by atoms with E-state index in [1.165, 1.54) is 0 Å². The first-order valence-corrected chi connectivity index (χ1v) is 5.17.